The Bertz CT molecular complexity index is 661. The number of nitrogens with zero attached hydrogens (tertiary/aromatic N) is 1. The van der Waals surface area contributed by atoms with Gasteiger partial charge in [0, 0.05) is 29.9 Å². The van der Waals surface area contributed by atoms with Crippen LogP contribution in [-0.4, -0.2) is 31.0 Å². The molecule has 0 fully saturated rings. The summed E-state index contributed by atoms with van der Waals surface area (Å²) >= 11 is 2.34. The molecular weight excluding hydrogens is 308 g/mol. The summed E-state index contributed by atoms with van der Waals surface area (Å²) < 4.78 is 26.2. The van der Waals surface area contributed by atoms with Gasteiger partial charge in [-0.3, -0.25) is 0 Å². The smallest absolute Gasteiger partial charge is 0.336 e. The van der Waals surface area contributed by atoms with Crippen LogP contribution in [0.25, 0.3) is 0 Å². The maximum atomic E-state index is 11.9. The van der Waals surface area contributed by atoms with Crippen LogP contribution in [0, 0.1) is 0 Å². The molecule has 0 amide bonds. The molecule has 0 saturated carbocycles. The predicted octanol–water partition coefficient (Wildman–Crippen LogP) is 1.42. The molecule has 2 rings (SSSR count). The molecule has 0 unspecified atom stereocenters. The van der Waals surface area contributed by atoms with Gasteiger partial charge in [0.25, 0.3) is 0 Å². The Hall–Kier alpha value is -1.29. The van der Waals surface area contributed by atoms with E-state index in [4.69, 9.17) is 5.11 Å². The van der Waals surface area contributed by atoms with E-state index in [0.717, 1.165) is 22.4 Å². The van der Waals surface area contributed by atoms with Crippen LogP contribution in [0.2, 0.25) is 0 Å². The first-order chi connectivity index (χ1) is 8.99. The fourth-order valence-corrected chi connectivity index (χ4v) is 4.16. The van der Waals surface area contributed by atoms with E-state index in [1.54, 1.807) is 6.20 Å². The summed E-state index contributed by atoms with van der Waals surface area (Å²) in [7, 11) is -3.64. The summed E-state index contributed by atoms with van der Waals surface area (Å²) in [6, 6.07) is 1.15. The lowest BCUT2D eigenvalue weighted by Gasteiger charge is -2.02. The highest BCUT2D eigenvalue weighted by atomic mass is 32.2. The zero-order chi connectivity index (χ0) is 13.9. The second kappa shape index (κ2) is 5.78. The molecule has 0 radical (unpaired) electrons. The zero-order valence-corrected chi connectivity index (χ0v) is 12.0. The van der Waals surface area contributed by atoms with E-state index in [2.05, 4.69) is 9.71 Å². The van der Waals surface area contributed by atoms with Crippen molar-refractivity contribution in [2.45, 2.75) is 10.6 Å². The van der Waals surface area contributed by atoms with Crippen molar-refractivity contribution in [3.63, 3.8) is 0 Å². The van der Waals surface area contributed by atoms with Crippen LogP contribution in [0.3, 0.4) is 0 Å². The summed E-state index contributed by atoms with van der Waals surface area (Å²) in [6.45, 7) is 0.232. The second-order valence-electron chi connectivity index (χ2n) is 3.53. The number of sulfonamides is 1. The number of rotatable bonds is 6. The van der Waals surface area contributed by atoms with Crippen LogP contribution in [0.15, 0.2) is 27.2 Å². The number of aromatic carboxylic acids is 1. The normalized spacial score (nSPS) is 11.6. The standard InChI is InChI=1S/C10H10N2O4S3/c13-10(14)7-5-9(18-6-7)19(15,16)12-2-1-8-11-3-4-17-8/h3-6,12H,1-2H2,(H,13,14). The van der Waals surface area contributed by atoms with Crippen molar-refractivity contribution in [2.24, 2.45) is 0 Å². The number of carboxylic acids is 1. The van der Waals surface area contributed by atoms with Crippen molar-refractivity contribution in [3.05, 3.63) is 33.6 Å². The van der Waals surface area contributed by atoms with Crippen LogP contribution >= 0.6 is 22.7 Å². The van der Waals surface area contributed by atoms with Gasteiger partial charge in [-0.25, -0.2) is 22.9 Å². The highest BCUT2D eigenvalue weighted by Crippen LogP contribution is 2.20. The van der Waals surface area contributed by atoms with Crippen molar-refractivity contribution >= 4 is 38.7 Å². The first-order valence-corrected chi connectivity index (χ1v) is 8.43. The number of hydrogen-bond acceptors (Lipinski definition) is 6. The number of hydrogen-bond donors (Lipinski definition) is 2. The summed E-state index contributed by atoms with van der Waals surface area (Å²) in [5.74, 6) is -1.14. The molecule has 6 nitrogen and oxygen atoms in total. The number of carbonyl (C=O) groups is 1. The molecule has 2 heterocycles. The van der Waals surface area contributed by atoms with Gasteiger partial charge < -0.3 is 5.11 Å². The molecule has 9 heteroatoms. The van der Waals surface area contributed by atoms with Crippen molar-refractivity contribution in [1.82, 2.24) is 9.71 Å². The Balaban J connectivity index is 1.99. The minimum absolute atomic E-state index is 0.00374. The molecule has 0 aromatic carbocycles. The Morgan fingerprint density at radius 2 is 2.21 bits per heavy atom. The zero-order valence-electron chi connectivity index (χ0n) is 9.57. The maximum absolute atomic E-state index is 11.9. The highest BCUT2D eigenvalue weighted by Gasteiger charge is 2.18. The molecule has 2 aromatic heterocycles. The fourth-order valence-electron chi connectivity index (χ4n) is 1.31. The average molecular weight is 318 g/mol. The van der Waals surface area contributed by atoms with Crippen LogP contribution in [0.4, 0.5) is 0 Å². The van der Waals surface area contributed by atoms with E-state index in [1.165, 1.54) is 16.7 Å². The number of nitrogens with one attached hydrogen (secondary N) is 1. The molecule has 19 heavy (non-hydrogen) atoms. The van der Waals surface area contributed by atoms with Gasteiger partial charge >= 0.3 is 5.97 Å². The molecule has 0 bridgehead atoms. The van der Waals surface area contributed by atoms with Gasteiger partial charge in [-0.05, 0) is 6.07 Å². The third-order valence-corrected chi connectivity index (χ3v) is 5.94. The molecule has 0 aliphatic carbocycles. The van der Waals surface area contributed by atoms with E-state index >= 15 is 0 Å². The maximum Gasteiger partial charge on any atom is 0.336 e. The Kier molecular flexibility index (Phi) is 4.30. The van der Waals surface area contributed by atoms with Gasteiger partial charge in [-0.1, -0.05) is 0 Å². The van der Waals surface area contributed by atoms with E-state index in [1.807, 2.05) is 5.38 Å². The molecule has 0 aliphatic rings. The lowest BCUT2D eigenvalue weighted by atomic mass is 10.4. The van der Waals surface area contributed by atoms with Crippen molar-refractivity contribution in [2.75, 3.05) is 6.54 Å². The van der Waals surface area contributed by atoms with Gasteiger partial charge in [0.05, 0.1) is 10.6 Å². The van der Waals surface area contributed by atoms with Gasteiger partial charge in [0.1, 0.15) is 4.21 Å². The Morgan fingerprint density at radius 3 is 2.79 bits per heavy atom. The monoisotopic (exact) mass is 318 g/mol. The Morgan fingerprint density at radius 1 is 1.42 bits per heavy atom. The van der Waals surface area contributed by atoms with E-state index in [-0.39, 0.29) is 16.3 Å². The predicted molar refractivity (Wildman–Crippen MR) is 72.3 cm³/mol. The largest absolute Gasteiger partial charge is 0.478 e. The molecule has 102 valence electrons. The van der Waals surface area contributed by atoms with Crippen LogP contribution in [0.5, 0.6) is 0 Å². The average Bonchev–Trinajstić information content (AvgIpc) is 2.99. The minimum Gasteiger partial charge on any atom is -0.478 e. The van der Waals surface area contributed by atoms with E-state index in [9.17, 15) is 13.2 Å². The van der Waals surface area contributed by atoms with Crippen LogP contribution in [0.1, 0.15) is 15.4 Å². The van der Waals surface area contributed by atoms with E-state index < -0.39 is 16.0 Å². The molecule has 0 spiro atoms. The van der Waals surface area contributed by atoms with Crippen molar-refractivity contribution in [1.29, 1.82) is 0 Å². The number of carboxylic acid groups (broad SMARTS) is 1. The number of aromatic nitrogens is 1. The summed E-state index contributed by atoms with van der Waals surface area (Å²) in [5.41, 5.74) is -0.0229. The molecular formula is C10H10N2O4S3. The molecule has 2 N–H and O–H groups in total. The van der Waals surface area contributed by atoms with Gasteiger partial charge in [-0.15, -0.1) is 22.7 Å². The van der Waals surface area contributed by atoms with Crippen LogP contribution in [-0.2, 0) is 16.4 Å². The van der Waals surface area contributed by atoms with Gasteiger partial charge in [0.2, 0.25) is 10.0 Å². The highest BCUT2D eigenvalue weighted by molar-refractivity contribution is 7.91. The van der Waals surface area contributed by atoms with E-state index in [0.29, 0.717) is 6.42 Å². The molecule has 0 aliphatic heterocycles. The lowest BCUT2D eigenvalue weighted by molar-refractivity contribution is 0.0697. The number of thiophene rings is 1. The van der Waals surface area contributed by atoms with Crippen molar-refractivity contribution in [3.8, 4) is 0 Å². The minimum atomic E-state index is -3.64. The molecule has 0 saturated heterocycles. The first-order valence-electron chi connectivity index (χ1n) is 5.19. The first kappa shape index (κ1) is 14.1. The third kappa shape index (κ3) is 3.60. The third-order valence-electron chi connectivity index (χ3n) is 2.20. The quantitative estimate of drug-likeness (QED) is 0.840. The fraction of sp³-hybridized carbons (Fsp3) is 0.200. The molecule has 2 aromatic rings. The summed E-state index contributed by atoms with van der Waals surface area (Å²) in [5, 5.41) is 12.7. The van der Waals surface area contributed by atoms with Gasteiger partial charge in [-0.2, -0.15) is 0 Å². The second-order valence-corrected chi connectivity index (χ2v) is 7.42. The Labute approximate surface area is 117 Å². The van der Waals surface area contributed by atoms with Crippen LogP contribution < -0.4 is 4.72 Å². The summed E-state index contributed by atoms with van der Waals surface area (Å²) in [4.78, 5) is 14.7. The number of thiazole rings is 1. The van der Waals surface area contributed by atoms with Gasteiger partial charge in [0.15, 0.2) is 0 Å². The lowest BCUT2D eigenvalue weighted by Crippen LogP contribution is -2.25. The topological polar surface area (TPSA) is 96.4 Å². The SMILES string of the molecule is O=C(O)c1csc(S(=O)(=O)NCCc2nccs2)c1. The molecule has 0 atom stereocenters. The van der Waals surface area contributed by atoms with Crippen molar-refractivity contribution < 1.29 is 18.3 Å². The summed E-state index contributed by atoms with van der Waals surface area (Å²) in [6.07, 6.45) is 2.17.